The van der Waals surface area contributed by atoms with Crippen LogP contribution in [-0.4, -0.2) is 44.9 Å². The van der Waals surface area contributed by atoms with E-state index < -0.39 is 11.0 Å². The minimum absolute atomic E-state index is 0.0106. The average Bonchev–Trinajstić information content (AvgIpc) is 3.12. The third-order valence-corrected chi connectivity index (χ3v) is 6.14. The number of hydrogen-bond donors (Lipinski definition) is 1. The van der Waals surface area contributed by atoms with Gasteiger partial charge in [-0.2, -0.15) is 5.10 Å². The lowest BCUT2D eigenvalue weighted by atomic mass is 9.54. The molecule has 1 saturated heterocycles. The van der Waals surface area contributed by atoms with Gasteiger partial charge in [0.25, 0.3) is 5.91 Å². The SMILES string of the molecule is CCOC1CC2(NC(=O)N(C3CCCn4nccc43)C2=O)C1(C)C. The molecule has 24 heavy (non-hydrogen) atoms. The molecule has 1 N–H and O–H groups in total. The Labute approximate surface area is 141 Å². The zero-order valence-electron chi connectivity index (χ0n) is 14.4. The van der Waals surface area contributed by atoms with E-state index >= 15 is 0 Å². The molecular formula is C17H24N4O3. The first-order chi connectivity index (χ1) is 11.4. The van der Waals surface area contributed by atoms with Crippen molar-refractivity contribution >= 4 is 11.9 Å². The van der Waals surface area contributed by atoms with E-state index in [1.165, 1.54) is 4.90 Å². The number of aromatic nitrogens is 2. The number of imide groups is 1. The van der Waals surface area contributed by atoms with Crippen molar-refractivity contribution < 1.29 is 14.3 Å². The van der Waals surface area contributed by atoms with Crippen LogP contribution in [-0.2, 0) is 16.1 Å². The van der Waals surface area contributed by atoms with E-state index in [-0.39, 0.29) is 24.1 Å². The Morgan fingerprint density at radius 1 is 1.42 bits per heavy atom. The molecule has 4 rings (SSSR count). The number of carbonyl (C=O) groups is 2. The van der Waals surface area contributed by atoms with Crippen LogP contribution in [0.5, 0.6) is 0 Å². The van der Waals surface area contributed by atoms with Gasteiger partial charge in [-0.3, -0.25) is 14.4 Å². The summed E-state index contributed by atoms with van der Waals surface area (Å²) >= 11 is 0. The van der Waals surface area contributed by atoms with Crippen LogP contribution in [0.2, 0.25) is 0 Å². The van der Waals surface area contributed by atoms with Crippen LogP contribution in [0, 0.1) is 5.41 Å². The summed E-state index contributed by atoms with van der Waals surface area (Å²) in [6.07, 6.45) is 3.97. The van der Waals surface area contributed by atoms with Gasteiger partial charge in [0.15, 0.2) is 0 Å². The van der Waals surface area contributed by atoms with Crippen molar-refractivity contribution in [3.8, 4) is 0 Å². The first-order valence-corrected chi connectivity index (χ1v) is 8.71. The van der Waals surface area contributed by atoms with Gasteiger partial charge in [-0.25, -0.2) is 4.79 Å². The number of rotatable bonds is 3. The number of hydrogen-bond acceptors (Lipinski definition) is 4. The van der Waals surface area contributed by atoms with Gasteiger partial charge in [-0.05, 0) is 25.8 Å². The molecule has 1 saturated carbocycles. The van der Waals surface area contributed by atoms with E-state index in [0.717, 1.165) is 25.1 Å². The standard InChI is InChI=1S/C17H24N4O3/c1-4-24-13-10-17(16(13,2)3)14(22)21(15(23)19-17)12-6-5-9-20-11(12)7-8-18-20/h7-8,12-13H,4-6,9-10H2,1-3H3,(H,19,23). The van der Waals surface area contributed by atoms with E-state index in [4.69, 9.17) is 4.74 Å². The van der Waals surface area contributed by atoms with Gasteiger partial charge in [0.05, 0.1) is 17.8 Å². The Morgan fingerprint density at radius 3 is 2.92 bits per heavy atom. The number of urea groups is 1. The summed E-state index contributed by atoms with van der Waals surface area (Å²) in [5.41, 5.74) is -0.314. The normalized spacial score (nSPS) is 34.2. The second-order valence-corrected chi connectivity index (χ2v) is 7.52. The lowest BCUT2D eigenvalue weighted by molar-refractivity contribution is -0.175. The molecule has 3 aliphatic rings. The fourth-order valence-corrected chi connectivity index (χ4v) is 4.52. The predicted molar refractivity (Wildman–Crippen MR) is 86.1 cm³/mol. The molecule has 0 bridgehead atoms. The fourth-order valence-electron chi connectivity index (χ4n) is 4.52. The number of ether oxygens (including phenoxy) is 1. The minimum Gasteiger partial charge on any atom is -0.378 e. The van der Waals surface area contributed by atoms with Crippen molar-refractivity contribution in [3.05, 3.63) is 18.0 Å². The largest absolute Gasteiger partial charge is 0.378 e. The zero-order chi connectivity index (χ0) is 17.1. The first kappa shape index (κ1) is 15.6. The molecule has 1 spiro atoms. The Kier molecular flexibility index (Phi) is 3.29. The molecule has 0 radical (unpaired) electrons. The second kappa shape index (κ2) is 5.05. The van der Waals surface area contributed by atoms with Crippen LogP contribution in [0.1, 0.15) is 51.8 Å². The van der Waals surface area contributed by atoms with Crippen molar-refractivity contribution in [3.63, 3.8) is 0 Å². The third-order valence-electron chi connectivity index (χ3n) is 6.14. The van der Waals surface area contributed by atoms with Gasteiger partial charge >= 0.3 is 6.03 Å². The highest BCUT2D eigenvalue weighted by Gasteiger charge is 2.71. The maximum absolute atomic E-state index is 13.3. The van der Waals surface area contributed by atoms with Crippen LogP contribution in [0.15, 0.2) is 12.3 Å². The van der Waals surface area contributed by atoms with E-state index in [1.807, 2.05) is 31.5 Å². The summed E-state index contributed by atoms with van der Waals surface area (Å²) in [5, 5.41) is 7.28. The highest BCUT2D eigenvalue weighted by molar-refractivity contribution is 6.08. The quantitative estimate of drug-likeness (QED) is 0.857. The van der Waals surface area contributed by atoms with Gasteiger partial charge in [0.1, 0.15) is 5.54 Å². The van der Waals surface area contributed by atoms with Gasteiger partial charge < -0.3 is 10.1 Å². The molecule has 1 aromatic heterocycles. The summed E-state index contributed by atoms with van der Waals surface area (Å²) in [5.74, 6) is -0.117. The molecule has 3 heterocycles. The molecule has 0 aromatic carbocycles. The maximum atomic E-state index is 13.3. The Hall–Kier alpha value is -1.89. The molecule has 7 heteroatoms. The van der Waals surface area contributed by atoms with Gasteiger partial charge in [-0.15, -0.1) is 0 Å². The fraction of sp³-hybridized carbons (Fsp3) is 0.706. The average molecular weight is 332 g/mol. The zero-order valence-corrected chi connectivity index (χ0v) is 14.4. The maximum Gasteiger partial charge on any atom is 0.325 e. The number of nitrogens with zero attached hydrogens (tertiary/aromatic N) is 3. The van der Waals surface area contributed by atoms with Crippen LogP contribution in [0.3, 0.4) is 0 Å². The molecule has 2 fully saturated rings. The summed E-state index contributed by atoms with van der Waals surface area (Å²) < 4.78 is 7.65. The Balaban J connectivity index is 1.65. The van der Waals surface area contributed by atoms with Crippen molar-refractivity contribution in [2.45, 2.75) is 64.3 Å². The molecule has 130 valence electrons. The Bertz CT molecular complexity index is 698. The molecular weight excluding hydrogens is 308 g/mol. The van der Waals surface area contributed by atoms with Crippen LogP contribution >= 0.6 is 0 Å². The van der Waals surface area contributed by atoms with Crippen LogP contribution < -0.4 is 5.32 Å². The molecule has 3 unspecified atom stereocenters. The van der Waals surface area contributed by atoms with Gasteiger partial charge in [-0.1, -0.05) is 13.8 Å². The van der Waals surface area contributed by atoms with E-state index in [9.17, 15) is 9.59 Å². The van der Waals surface area contributed by atoms with Crippen molar-refractivity contribution in [1.82, 2.24) is 20.0 Å². The highest BCUT2D eigenvalue weighted by Crippen LogP contribution is 2.55. The third kappa shape index (κ3) is 1.79. The molecule has 1 aromatic rings. The van der Waals surface area contributed by atoms with Gasteiger partial charge in [0, 0.05) is 31.2 Å². The summed E-state index contributed by atoms with van der Waals surface area (Å²) in [6, 6.07) is 1.39. The van der Waals surface area contributed by atoms with Crippen molar-refractivity contribution in [2.24, 2.45) is 5.41 Å². The number of carbonyl (C=O) groups excluding carboxylic acids is 2. The van der Waals surface area contributed by atoms with Crippen LogP contribution in [0.25, 0.3) is 0 Å². The van der Waals surface area contributed by atoms with E-state index in [2.05, 4.69) is 10.4 Å². The first-order valence-electron chi connectivity index (χ1n) is 8.71. The number of amides is 3. The molecule has 2 aliphatic heterocycles. The summed E-state index contributed by atoms with van der Waals surface area (Å²) in [7, 11) is 0. The molecule has 7 nitrogen and oxygen atoms in total. The number of aryl methyl sites for hydroxylation is 1. The highest BCUT2D eigenvalue weighted by atomic mass is 16.5. The number of nitrogens with one attached hydrogen (secondary N) is 1. The predicted octanol–water partition coefficient (Wildman–Crippen LogP) is 1.84. The molecule has 3 atom stereocenters. The monoisotopic (exact) mass is 332 g/mol. The summed E-state index contributed by atoms with van der Waals surface area (Å²) in [6.45, 7) is 7.40. The van der Waals surface area contributed by atoms with Crippen LogP contribution in [0.4, 0.5) is 4.79 Å². The second-order valence-electron chi connectivity index (χ2n) is 7.52. The lowest BCUT2D eigenvalue weighted by Gasteiger charge is -2.57. The smallest absolute Gasteiger partial charge is 0.325 e. The van der Waals surface area contributed by atoms with E-state index in [1.54, 1.807) is 6.20 Å². The molecule has 1 aliphatic carbocycles. The minimum atomic E-state index is -0.841. The van der Waals surface area contributed by atoms with Gasteiger partial charge in [0.2, 0.25) is 0 Å². The Morgan fingerprint density at radius 2 is 2.21 bits per heavy atom. The molecule has 3 amide bonds. The van der Waals surface area contributed by atoms with Crippen molar-refractivity contribution in [2.75, 3.05) is 6.61 Å². The lowest BCUT2D eigenvalue weighted by Crippen LogP contribution is -2.73. The van der Waals surface area contributed by atoms with E-state index in [0.29, 0.717) is 13.0 Å². The summed E-state index contributed by atoms with van der Waals surface area (Å²) in [4.78, 5) is 27.4. The topological polar surface area (TPSA) is 76.5 Å². The number of fused-ring (bicyclic) bond motifs is 1. The van der Waals surface area contributed by atoms with Crippen molar-refractivity contribution in [1.29, 1.82) is 0 Å².